The lowest BCUT2D eigenvalue weighted by Gasteiger charge is -2.10. The minimum Gasteiger partial charge on any atom is -0.493 e. The van der Waals surface area contributed by atoms with Gasteiger partial charge in [0, 0.05) is 11.8 Å². The maximum absolute atomic E-state index is 11.9. The van der Waals surface area contributed by atoms with Crippen molar-refractivity contribution in [1.29, 1.82) is 0 Å². The first-order valence-electron chi connectivity index (χ1n) is 7.19. The summed E-state index contributed by atoms with van der Waals surface area (Å²) in [5.41, 5.74) is 0.563. The third kappa shape index (κ3) is 5.66. The molecule has 0 unspecified atom stereocenters. The van der Waals surface area contributed by atoms with Crippen LogP contribution in [0.5, 0.6) is 11.5 Å². The molecule has 6 heteroatoms. The Morgan fingerprint density at radius 3 is 2.48 bits per heavy atom. The lowest BCUT2D eigenvalue weighted by Crippen LogP contribution is -2.20. The van der Waals surface area contributed by atoms with Gasteiger partial charge in [0.1, 0.15) is 11.5 Å². The van der Waals surface area contributed by atoms with Crippen molar-refractivity contribution in [1.82, 2.24) is 0 Å². The van der Waals surface area contributed by atoms with Gasteiger partial charge in [-0.05, 0) is 36.8 Å². The van der Waals surface area contributed by atoms with Crippen molar-refractivity contribution in [3.05, 3.63) is 52.5 Å². The molecule has 0 saturated carbocycles. The molecule has 23 heavy (non-hydrogen) atoms. The van der Waals surface area contributed by atoms with Crippen LogP contribution in [0.15, 0.2) is 42.5 Å². The molecule has 0 aromatic heterocycles. The number of nitrogens with one attached hydrogen (secondary N) is 1. The van der Waals surface area contributed by atoms with E-state index in [0.29, 0.717) is 33.8 Å². The van der Waals surface area contributed by atoms with Gasteiger partial charge in [-0.2, -0.15) is 0 Å². The van der Waals surface area contributed by atoms with E-state index in [-0.39, 0.29) is 12.5 Å². The van der Waals surface area contributed by atoms with Gasteiger partial charge in [0.25, 0.3) is 5.91 Å². The van der Waals surface area contributed by atoms with Crippen LogP contribution in [-0.4, -0.2) is 19.1 Å². The molecular weight excluding hydrogens is 337 g/mol. The van der Waals surface area contributed by atoms with Gasteiger partial charge in [-0.15, -0.1) is 0 Å². The van der Waals surface area contributed by atoms with Gasteiger partial charge in [-0.1, -0.05) is 36.2 Å². The Kier molecular flexibility index (Phi) is 6.56. The number of benzene rings is 2. The van der Waals surface area contributed by atoms with Gasteiger partial charge in [-0.3, -0.25) is 4.79 Å². The molecule has 0 aliphatic heterocycles. The van der Waals surface area contributed by atoms with E-state index >= 15 is 0 Å². The van der Waals surface area contributed by atoms with Crippen LogP contribution in [0.4, 0.5) is 5.69 Å². The standard InChI is InChI=1S/C17H17Cl2NO3/c1-2-8-22-13-4-3-5-14(10-13)23-11-17(21)20-12-6-7-15(18)16(19)9-12/h3-7,9-10H,2,8,11H2,1H3,(H,20,21). The van der Waals surface area contributed by atoms with Crippen LogP contribution in [-0.2, 0) is 4.79 Å². The number of amides is 1. The van der Waals surface area contributed by atoms with Crippen LogP contribution in [0.2, 0.25) is 10.0 Å². The molecule has 0 saturated heterocycles. The zero-order chi connectivity index (χ0) is 16.7. The van der Waals surface area contributed by atoms with Crippen molar-refractivity contribution >= 4 is 34.8 Å². The van der Waals surface area contributed by atoms with Gasteiger partial charge < -0.3 is 14.8 Å². The number of halogens is 2. The van der Waals surface area contributed by atoms with Crippen LogP contribution >= 0.6 is 23.2 Å². The van der Waals surface area contributed by atoms with Crippen LogP contribution in [0, 0.1) is 0 Å². The molecule has 0 atom stereocenters. The predicted molar refractivity (Wildman–Crippen MR) is 92.8 cm³/mol. The first-order chi connectivity index (χ1) is 11.1. The van der Waals surface area contributed by atoms with E-state index in [4.69, 9.17) is 32.7 Å². The largest absolute Gasteiger partial charge is 0.493 e. The molecule has 0 aliphatic rings. The van der Waals surface area contributed by atoms with Crippen molar-refractivity contribution in [2.45, 2.75) is 13.3 Å². The van der Waals surface area contributed by atoms with Crippen molar-refractivity contribution in [2.75, 3.05) is 18.5 Å². The highest BCUT2D eigenvalue weighted by Crippen LogP contribution is 2.25. The summed E-state index contributed by atoms with van der Waals surface area (Å²) in [6, 6.07) is 12.1. The maximum atomic E-state index is 11.9. The first-order valence-corrected chi connectivity index (χ1v) is 7.94. The Hall–Kier alpha value is -1.91. The Bertz CT molecular complexity index is 677. The first kappa shape index (κ1) is 17.4. The molecule has 2 rings (SSSR count). The SMILES string of the molecule is CCCOc1cccc(OCC(=O)Nc2ccc(Cl)c(Cl)c2)c1. The lowest BCUT2D eigenvalue weighted by molar-refractivity contribution is -0.118. The minimum atomic E-state index is -0.289. The highest BCUT2D eigenvalue weighted by Gasteiger charge is 2.06. The summed E-state index contributed by atoms with van der Waals surface area (Å²) in [6.07, 6.45) is 0.928. The Balaban J connectivity index is 1.87. The van der Waals surface area contributed by atoms with Crippen molar-refractivity contribution in [3.8, 4) is 11.5 Å². The molecule has 4 nitrogen and oxygen atoms in total. The fourth-order valence-corrected chi connectivity index (χ4v) is 2.09. The summed E-state index contributed by atoms with van der Waals surface area (Å²) in [6.45, 7) is 2.56. The Morgan fingerprint density at radius 1 is 1.04 bits per heavy atom. The monoisotopic (exact) mass is 353 g/mol. The third-order valence-corrected chi connectivity index (χ3v) is 3.59. The molecule has 0 spiro atoms. The normalized spacial score (nSPS) is 10.2. The average molecular weight is 354 g/mol. The van der Waals surface area contributed by atoms with Crippen LogP contribution in [0.1, 0.15) is 13.3 Å². The smallest absolute Gasteiger partial charge is 0.262 e. The average Bonchev–Trinajstić information content (AvgIpc) is 2.55. The van der Waals surface area contributed by atoms with Gasteiger partial charge in [-0.25, -0.2) is 0 Å². The number of anilines is 1. The maximum Gasteiger partial charge on any atom is 0.262 e. The number of ether oxygens (including phenoxy) is 2. The van der Waals surface area contributed by atoms with Gasteiger partial charge in [0.05, 0.1) is 16.7 Å². The molecular formula is C17H17Cl2NO3. The molecule has 2 aromatic rings. The fourth-order valence-electron chi connectivity index (χ4n) is 1.79. The second kappa shape index (κ2) is 8.65. The number of hydrogen-bond donors (Lipinski definition) is 1. The van der Waals surface area contributed by atoms with Crippen molar-refractivity contribution in [2.24, 2.45) is 0 Å². The Morgan fingerprint density at radius 2 is 1.78 bits per heavy atom. The van der Waals surface area contributed by atoms with E-state index in [0.717, 1.165) is 6.42 Å². The second-order valence-electron chi connectivity index (χ2n) is 4.79. The van der Waals surface area contributed by atoms with Crippen molar-refractivity contribution in [3.63, 3.8) is 0 Å². The highest BCUT2D eigenvalue weighted by molar-refractivity contribution is 6.42. The van der Waals surface area contributed by atoms with Gasteiger partial charge in [0.2, 0.25) is 0 Å². The van der Waals surface area contributed by atoms with Gasteiger partial charge >= 0.3 is 0 Å². The summed E-state index contributed by atoms with van der Waals surface area (Å²) in [4.78, 5) is 11.9. The molecule has 0 bridgehead atoms. The quantitative estimate of drug-likeness (QED) is 0.777. The third-order valence-electron chi connectivity index (χ3n) is 2.85. The van der Waals surface area contributed by atoms with E-state index in [1.54, 1.807) is 30.3 Å². The lowest BCUT2D eigenvalue weighted by atomic mass is 10.3. The summed E-state index contributed by atoms with van der Waals surface area (Å²) in [5.74, 6) is 1.00. The molecule has 0 fully saturated rings. The Labute approximate surface area is 145 Å². The van der Waals surface area contributed by atoms with Crippen LogP contribution < -0.4 is 14.8 Å². The number of carbonyl (C=O) groups excluding carboxylic acids is 1. The zero-order valence-corrected chi connectivity index (χ0v) is 14.2. The molecule has 0 aliphatic carbocycles. The molecule has 2 aromatic carbocycles. The van der Waals surface area contributed by atoms with Crippen LogP contribution in [0.25, 0.3) is 0 Å². The van der Waals surface area contributed by atoms with E-state index in [1.165, 1.54) is 0 Å². The summed E-state index contributed by atoms with van der Waals surface area (Å²) in [5, 5.41) is 3.51. The molecule has 1 amide bonds. The topological polar surface area (TPSA) is 47.6 Å². The number of carbonyl (C=O) groups is 1. The summed E-state index contributed by atoms with van der Waals surface area (Å²) < 4.78 is 11.0. The highest BCUT2D eigenvalue weighted by atomic mass is 35.5. The van der Waals surface area contributed by atoms with Crippen molar-refractivity contribution < 1.29 is 14.3 Å². The fraction of sp³-hybridized carbons (Fsp3) is 0.235. The van der Waals surface area contributed by atoms with Crippen LogP contribution in [0.3, 0.4) is 0 Å². The molecule has 0 heterocycles. The second-order valence-corrected chi connectivity index (χ2v) is 5.60. The number of rotatable bonds is 7. The molecule has 122 valence electrons. The van der Waals surface area contributed by atoms with E-state index in [9.17, 15) is 4.79 Å². The number of hydrogen-bond acceptors (Lipinski definition) is 3. The molecule has 1 N–H and O–H groups in total. The van der Waals surface area contributed by atoms with E-state index < -0.39 is 0 Å². The predicted octanol–water partition coefficient (Wildman–Crippen LogP) is 4.80. The zero-order valence-electron chi connectivity index (χ0n) is 12.6. The summed E-state index contributed by atoms with van der Waals surface area (Å²) >= 11 is 11.7. The minimum absolute atomic E-state index is 0.114. The molecule has 0 radical (unpaired) electrons. The van der Waals surface area contributed by atoms with E-state index in [1.807, 2.05) is 19.1 Å². The summed E-state index contributed by atoms with van der Waals surface area (Å²) in [7, 11) is 0. The van der Waals surface area contributed by atoms with Gasteiger partial charge in [0.15, 0.2) is 6.61 Å². The van der Waals surface area contributed by atoms with E-state index in [2.05, 4.69) is 5.32 Å².